The molecule has 2 aliphatic rings. The number of benzene rings is 2. The van der Waals surface area contributed by atoms with Gasteiger partial charge in [0.1, 0.15) is 23.2 Å². The van der Waals surface area contributed by atoms with Gasteiger partial charge in [-0.1, -0.05) is 36.4 Å². The molecular formula is C26H21F2N3O5. The Hall–Kier alpha value is -4.34. The average molecular weight is 493 g/mol. The third kappa shape index (κ3) is 3.94. The third-order valence-corrected chi connectivity index (χ3v) is 6.70. The van der Waals surface area contributed by atoms with E-state index in [9.17, 15) is 33.1 Å². The molecule has 3 heterocycles. The lowest BCUT2D eigenvalue weighted by Gasteiger charge is -2.42. The summed E-state index contributed by atoms with van der Waals surface area (Å²) in [6, 6.07) is 11.3. The zero-order valence-corrected chi connectivity index (χ0v) is 18.9. The van der Waals surface area contributed by atoms with Crippen molar-refractivity contribution in [2.45, 2.75) is 31.5 Å². The number of piperidine rings is 1. The smallest absolute Gasteiger partial charge is 0.275 e. The van der Waals surface area contributed by atoms with Gasteiger partial charge in [0, 0.05) is 36.8 Å². The summed E-state index contributed by atoms with van der Waals surface area (Å²) in [6.45, 7) is -0.0999. The van der Waals surface area contributed by atoms with Crippen LogP contribution in [-0.2, 0) is 17.9 Å². The van der Waals surface area contributed by atoms with Gasteiger partial charge in [-0.25, -0.2) is 8.78 Å². The van der Waals surface area contributed by atoms with E-state index in [-0.39, 0.29) is 36.7 Å². The summed E-state index contributed by atoms with van der Waals surface area (Å²) < 4.78 is 28.3. The van der Waals surface area contributed by atoms with Crippen molar-refractivity contribution in [2.24, 2.45) is 0 Å². The fourth-order valence-electron chi connectivity index (χ4n) is 4.84. The van der Waals surface area contributed by atoms with Crippen LogP contribution in [0.3, 0.4) is 0 Å². The van der Waals surface area contributed by atoms with Crippen LogP contribution in [0.1, 0.15) is 44.3 Å². The SMILES string of the molecule is O=C(NCc1ccc(F)cc1F)c1cn2c(c(O)c1=O)C(=O)N1CC[C@@H](c3ccccc3)C(=O)[C@@H]1C2. The first kappa shape index (κ1) is 23.4. The number of aromatic hydroxyl groups is 1. The summed E-state index contributed by atoms with van der Waals surface area (Å²) in [5.74, 6) is -4.68. The van der Waals surface area contributed by atoms with Crippen molar-refractivity contribution >= 4 is 17.6 Å². The Labute approximate surface area is 203 Å². The maximum atomic E-state index is 13.9. The van der Waals surface area contributed by atoms with Crippen molar-refractivity contribution < 1.29 is 28.3 Å². The number of carbonyl (C=O) groups is 3. The number of amides is 2. The molecule has 0 aliphatic carbocycles. The minimum atomic E-state index is -1.06. The molecule has 2 atom stereocenters. The second-order valence-electron chi connectivity index (χ2n) is 8.81. The van der Waals surface area contributed by atoms with Gasteiger partial charge in [-0.3, -0.25) is 19.2 Å². The predicted molar refractivity (Wildman–Crippen MR) is 124 cm³/mol. The van der Waals surface area contributed by atoms with Crippen LogP contribution in [0.2, 0.25) is 0 Å². The Morgan fingerprint density at radius 3 is 2.56 bits per heavy atom. The average Bonchev–Trinajstić information content (AvgIpc) is 2.86. The Bertz CT molecular complexity index is 1450. The molecule has 5 rings (SSSR count). The molecule has 2 aliphatic heterocycles. The summed E-state index contributed by atoms with van der Waals surface area (Å²) in [6.07, 6.45) is 1.54. The molecule has 2 amide bonds. The number of hydrogen-bond acceptors (Lipinski definition) is 5. The molecule has 0 saturated carbocycles. The number of hydrogen-bond donors (Lipinski definition) is 2. The van der Waals surface area contributed by atoms with Gasteiger partial charge in [-0.2, -0.15) is 0 Å². The first-order valence-electron chi connectivity index (χ1n) is 11.3. The second-order valence-corrected chi connectivity index (χ2v) is 8.81. The number of fused-ring (bicyclic) bond motifs is 2. The van der Waals surface area contributed by atoms with Gasteiger partial charge in [0.05, 0.1) is 6.54 Å². The van der Waals surface area contributed by atoms with E-state index in [0.717, 1.165) is 23.9 Å². The quantitative estimate of drug-likeness (QED) is 0.580. The Kier molecular flexibility index (Phi) is 5.87. The van der Waals surface area contributed by atoms with E-state index < -0.39 is 52.2 Å². The lowest BCUT2D eigenvalue weighted by molar-refractivity contribution is -0.128. The van der Waals surface area contributed by atoms with E-state index in [0.29, 0.717) is 12.5 Å². The number of rotatable bonds is 4. The van der Waals surface area contributed by atoms with Gasteiger partial charge in [0.25, 0.3) is 11.8 Å². The van der Waals surface area contributed by atoms with Crippen LogP contribution in [0, 0.1) is 11.6 Å². The van der Waals surface area contributed by atoms with E-state index in [1.165, 1.54) is 9.47 Å². The second kappa shape index (κ2) is 9.03. The van der Waals surface area contributed by atoms with Crippen LogP contribution in [-0.4, -0.2) is 44.8 Å². The van der Waals surface area contributed by atoms with Crippen molar-refractivity contribution in [3.8, 4) is 5.75 Å². The predicted octanol–water partition coefficient (Wildman–Crippen LogP) is 2.34. The molecule has 8 nitrogen and oxygen atoms in total. The van der Waals surface area contributed by atoms with Gasteiger partial charge < -0.3 is 19.9 Å². The largest absolute Gasteiger partial charge is 0.503 e. The number of ketones is 1. The summed E-state index contributed by atoms with van der Waals surface area (Å²) >= 11 is 0. The number of pyridine rings is 1. The topological polar surface area (TPSA) is 109 Å². The van der Waals surface area contributed by atoms with Gasteiger partial charge in [0.15, 0.2) is 17.2 Å². The first-order valence-corrected chi connectivity index (χ1v) is 11.3. The minimum absolute atomic E-state index is 0.00221. The van der Waals surface area contributed by atoms with E-state index in [4.69, 9.17) is 0 Å². The maximum absolute atomic E-state index is 13.9. The maximum Gasteiger partial charge on any atom is 0.275 e. The Balaban J connectivity index is 1.43. The molecule has 0 bridgehead atoms. The van der Waals surface area contributed by atoms with Crippen LogP contribution >= 0.6 is 0 Å². The van der Waals surface area contributed by atoms with Gasteiger partial charge in [0.2, 0.25) is 5.43 Å². The normalized spacial score (nSPS) is 19.0. The highest BCUT2D eigenvalue weighted by molar-refractivity contribution is 6.03. The molecule has 36 heavy (non-hydrogen) atoms. The van der Waals surface area contributed by atoms with Crippen LogP contribution in [0.4, 0.5) is 8.78 Å². The minimum Gasteiger partial charge on any atom is -0.503 e. The van der Waals surface area contributed by atoms with E-state index in [2.05, 4.69) is 5.32 Å². The molecule has 10 heteroatoms. The molecular weight excluding hydrogens is 472 g/mol. The molecule has 3 aromatic rings. The molecule has 184 valence electrons. The van der Waals surface area contributed by atoms with E-state index in [1.807, 2.05) is 30.3 Å². The molecule has 0 spiro atoms. The highest BCUT2D eigenvalue weighted by Gasteiger charge is 2.44. The lowest BCUT2D eigenvalue weighted by atomic mass is 9.83. The van der Waals surface area contributed by atoms with Gasteiger partial charge in [-0.15, -0.1) is 0 Å². The van der Waals surface area contributed by atoms with E-state index in [1.54, 1.807) is 0 Å². The summed E-state index contributed by atoms with van der Waals surface area (Å²) in [4.78, 5) is 53.3. The standard InChI is InChI=1S/C26H21F2N3O5/c27-16-7-6-15(19(28)10-16)11-29-25(35)18-12-30-13-20-22(32)17(14-4-2-1-3-5-14)8-9-31(20)26(36)21(30)24(34)23(18)33/h1-7,10,12,17,20,34H,8-9,11,13H2,(H,29,35)/t17-,20-/m0/s1. The van der Waals surface area contributed by atoms with Crippen LogP contribution in [0.15, 0.2) is 59.5 Å². The fourth-order valence-corrected chi connectivity index (χ4v) is 4.84. The Morgan fingerprint density at radius 2 is 1.83 bits per heavy atom. The zero-order chi connectivity index (χ0) is 25.6. The van der Waals surface area contributed by atoms with E-state index >= 15 is 0 Å². The van der Waals surface area contributed by atoms with Gasteiger partial charge >= 0.3 is 0 Å². The summed E-state index contributed by atoms with van der Waals surface area (Å²) in [5.41, 5.74) is -0.976. The van der Waals surface area contributed by atoms with Crippen molar-refractivity contribution in [1.29, 1.82) is 0 Å². The highest BCUT2D eigenvalue weighted by Crippen LogP contribution is 2.34. The van der Waals surface area contributed by atoms with Crippen molar-refractivity contribution in [2.75, 3.05) is 6.54 Å². The number of carbonyl (C=O) groups excluding carboxylic acids is 3. The third-order valence-electron chi connectivity index (χ3n) is 6.70. The molecule has 0 unspecified atom stereocenters. The highest BCUT2D eigenvalue weighted by atomic mass is 19.1. The number of aromatic nitrogens is 1. The lowest BCUT2D eigenvalue weighted by Crippen LogP contribution is -2.57. The summed E-state index contributed by atoms with van der Waals surface area (Å²) in [5, 5.41) is 12.9. The van der Waals surface area contributed by atoms with Crippen LogP contribution < -0.4 is 10.7 Å². The first-order chi connectivity index (χ1) is 17.3. The van der Waals surface area contributed by atoms with Crippen molar-refractivity contribution in [3.05, 3.63) is 99.0 Å². The fraction of sp³-hybridized carbons (Fsp3) is 0.231. The summed E-state index contributed by atoms with van der Waals surface area (Å²) in [7, 11) is 0. The zero-order valence-electron chi connectivity index (χ0n) is 18.9. The number of Topliss-reactive ketones (excluding diaryl/α,β-unsaturated/α-hetero) is 1. The molecule has 0 radical (unpaired) electrons. The Morgan fingerprint density at radius 1 is 1.08 bits per heavy atom. The molecule has 1 aromatic heterocycles. The van der Waals surface area contributed by atoms with Crippen LogP contribution in [0.25, 0.3) is 0 Å². The molecule has 2 N–H and O–H groups in total. The van der Waals surface area contributed by atoms with Crippen molar-refractivity contribution in [1.82, 2.24) is 14.8 Å². The van der Waals surface area contributed by atoms with Crippen molar-refractivity contribution in [3.63, 3.8) is 0 Å². The number of nitrogens with zero attached hydrogens (tertiary/aromatic N) is 2. The van der Waals surface area contributed by atoms with Crippen LogP contribution in [0.5, 0.6) is 5.75 Å². The monoisotopic (exact) mass is 493 g/mol. The molecule has 1 saturated heterocycles. The number of halogens is 2. The number of nitrogens with one attached hydrogen (secondary N) is 1. The molecule has 1 fully saturated rings. The van der Waals surface area contributed by atoms with Gasteiger partial charge in [-0.05, 0) is 18.1 Å². The molecule has 2 aromatic carbocycles.